The molecule has 1 aliphatic carbocycles. The monoisotopic (exact) mass is 328 g/mol. The van der Waals surface area contributed by atoms with Crippen LogP contribution in [-0.4, -0.2) is 20.9 Å². The molecular formula is C14H21BrN2O2. The van der Waals surface area contributed by atoms with Gasteiger partial charge in [-0.1, -0.05) is 6.92 Å². The molecule has 0 saturated heterocycles. The molecule has 0 spiro atoms. The average Bonchev–Trinajstić information content (AvgIpc) is 2.58. The van der Waals surface area contributed by atoms with Crippen LogP contribution in [0.4, 0.5) is 0 Å². The Morgan fingerprint density at radius 2 is 2.11 bits per heavy atom. The number of rotatable bonds is 3. The molecule has 0 unspecified atom stereocenters. The van der Waals surface area contributed by atoms with Crippen LogP contribution in [0.1, 0.15) is 44.0 Å². The minimum absolute atomic E-state index is 0.562. The quantitative estimate of drug-likeness (QED) is 0.926. The molecule has 1 aromatic rings. The van der Waals surface area contributed by atoms with Gasteiger partial charge in [-0.2, -0.15) is 5.10 Å². The van der Waals surface area contributed by atoms with Crippen molar-refractivity contribution in [3.05, 3.63) is 15.9 Å². The lowest BCUT2D eigenvalue weighted by Gasteiger charge is -2.35. The van der Waals surface area contributed by atoms with Crippen LogP contribution < -0.4 is 0 Å². The van der Waals surface area contributed by atoms with Gasteiger partial charge in [0, 0.05) is 13.5 Å². The first-order chi connectivity index (χ1) is 8.85. The second kappa shape index (κ2) is 5.27. The lowest BCUT2D eigenvalue weighted by molar-refractivity contribution is -0.151. The molecule has 1 saturated carbocycles. The summed E-state index contributed by atoms with van der Waals surface area (Å²) in [5.41, 5.74) is 1.30. The number of carbonyl (C=O) groups is 1. The Hall–Kier alpha value is -0.840. The molecule has 1 fully saturated rings. The van der Waals surface area contributed by atoms with Crippen molar-refractivity contribution in [2.24, 2.45) is 18.4 Å². The third kappa shape index (κ3) is 2.71. The fourth-order valence-electron chi connectivity index (χ4n) is 2.97. The Morgan fingerprint density at radius 1 is 1.53 bits per heavy atom. The highest BCUT2D eigenvalue weighted by atomic mass is 79.9. The number of carboxylic acids is 1. The first-order valence-electron chi connectivity index (χ1n) is 6.77. The average molecular weight is 329 g/mol. The molecule has 1 aromatic heterocycles. The summed E-state index contributed by atoms with van der Waals surface area (Å²) >= 11 is 3.54. The zero-order valence-electron chi connectivity index (χ0n) is 11.7. The number of carboxylic acid groups (broad SMARTS) is 1. The summed E-state index contributed by atoms with van der Waals surface area (Å²) in [5.74, 6) is -0.0191. The predicted octanol–water partition coefficient (Wildman–Crippen LogP) is 3.31. The van der Waals surface area contributed by atoms with Gasteiger partial charge in [0.2, 0.25) is 0 Å². The van der Waals surface area contributed by atoms with E-state index in [4.69, 9.17) is 0 Å². The third-order valence-electron chi connectivity index (χ3n) is 4.45. The molecule has 0 aromatic carbocycles. The lowest BCUT2D eigenvalue weighted by Crippen LogP contribution is -2.37. The van der Waals surface area contributed by atoms with Crippen molar-refractivity contribution in [1.82, 2.24) is 9.78 Å². The van der Waals surface area contributed by atoms with Crippen LogP contribution in [0.2, 0.25) is 0 Å². The number of halogens is 1. The van der Waals surface area contributed by atoms with Crippen molar-refractivity contribution in [3.63, 3.8) is 0 Å². The van der Waals surface area contributed by atoms with Gasteiger partial charge in [-0.05, 0) is 54.5 Å². The van der Waals surface area contributed by atoms with Crippen LogP contribution in [0.3, 0.4) is 0 Å². The second-order valence-electron chi connectivity index (χ2n) is 5.91. The van der Waals surface area contributed by atoms with Crippen LogP contribution in [0.25, 0.3) is 0 Å². The van der Waals surface area contributed by atoms with Gasteiger partial charge in [0.15, 0.2) is 0 Å². The number of aliphatic carboxylic acids is 1. The van der Waals surface area contributed by atoms with Crippen molar-refractivity contribution in [2.75, 3.05) is 0 Å². The van der Waals surface area contributed by atoms with Crippen LogP contribution in [0, 0.1) is 18.3 Å². The lowest BCUT2D eigenvalue weighted by atomic mass is 9.68. The molecule has 0 amide bonds. The molecule has 1 heterocycles. The smallest absolute Gasteiger partial charge is 0.310 e. The maximum absolute atomic E-state index is 11.8. The number of hydrogen-bond acceptors (Lipinski definition) is 2. The summed E-state index contributed by atoms with van der Waals surface area (Å²) in [5, 5.41) is 14.0. The van der Waals surface area contributed by atoms with Gasteiger partial charge in [-0.25, -0.2) is 0 Å². The Balaban J connectivity index is 2.29. The fraction of sp³-hybridized carbons (Fsp3) is 0.714. The summed E-state index contributed by atoms with van der Waals surface area (Å²) in [7, 11) is 1.88. The number of hydrogen-bond donors (Lipinski definition) is 1. The van der Waals surface area contributed by atoms with Crippen LogP contribution in [0.5, 0.6) is 0 Å². The van der Waals surface area contributed by atoms with Crippen LogP contribution >= 0.6 is 15.9 Å². The van der Waals surface area contributed by atoms with Crippen molar-refractivity contribution in [1.29, 1.82) is 0 Å². The predicted molar refractivity (Wildman–Crippen MR) is 77.0 cm³/mol. The SMILES string of the molecule is Cc1nn(C)c(CC2(C(=O)O)CCC(C)CC2)c1Br. The van der Waals surface area contributed by atoms with E-state index in [9.17, 15) is 9.90 Å². The molecule has 0 aliphatic heterocycles. The topological polar surface area (TPSA) is 55.1 Å². The summed E-state index contributed by atoms with van der Waals surface area (Å²) in [6.45, 7) is 4.14. The summed E-state index contributed by atoms with van der Waals surface area (Å²) in [6.07, 6.45) is 4.09. The van der Waals surface area contributed by atoms with E-state index in [0.29, 0.717) is 12.3 Å². The van der Waals surface area contributed by atoms with E-state index >= 15 is 0 Å². The number of aromatic nitrogens is 2. The molecule has 0 atom stereocenters. The normalized spacial score (nSPS) is 27.5. The highest BCUT2D eigenvalue weighted by Crippen LogP contribution is 2.42. The van der Waals surface area contributed by atoms with E-state index in [1.54, 1.807) is 0 Å². The van der Waals surface area contributed by atoms with E-state index in [0.717, 1.165) is 41.5 Å². The fourth-order valence-corrected chi connectivity index (χ4v) is 3.45. The molecular weight excluding hydrogens is 308 g/mol. The summed E-state index contributed by atoms with van der Waals surface area (Å²) < 4.78 is 2.76. The van der Waals surface area contributed by atoms with Crippen molar-refractivity contribution < 1.29 is 9.90 Å². The van der Waals surface area contributed by atoms with E-state index in [1.165, 1.54) is 0 Å². The van der Waals surface area contributed by atoms with Crippen molar-refractivity contribution in [2.45, 2.75) is 46.0 Å². The molecule has 19 heavy (non-hydrogen) atoms. The molecule has 0 bridgehead atoms. The first-order valence-corrected chi connectivity index (χ1v) is 7.56. The Morgan fingerprint density at radius 3 is 2.53 bits per heavy atom. The highest BCUT2D eigenvalue weighted by molar-refractivity contribution is 9.10. The molecule has 1 aliphatic rings. The van der Waals surface area contributed by atoms with E-state index in [1.807, 2.05) is 18.7 Å². The Kier molecular flexibility index (Phi) is 4.04. The minimum atomic E-state index is -0.662. The van der Waals surface area contributed by atoms with E-state index < -0.39 is 11.4 Å². The summed E-state index contributed by atoms with van der Waals surface area (Å²) in [6, 6.07) is 0. The van der Waals surface area contributed by atoms with Crippen LogP contribution in [-0.2, 0) is 18.3 Å². The second-order valence-corrected chi connectivity index (χ2v) is 6.71. The highest BCUT2D eigenvalue weighted by Gasteiger charge is 2.42. The molecule has 1 N–H and O–H groups in total. The van der Waals surface area contributed by atoms with Gasteiger partial charge in [0.1, 0.15) is 0 Å². The molecule has 2 rings (SSSR count). The van der Waals surface area contributed by atoms with Gasteiger partial charge >= 0.3 is 5.97 Å². The van der Waals surface area contributed by atoms with Crippen molar-refractivity contribution >= 4 is 21.9 Å². The third-order valence-corrected chi connectivity index (χ3v) is 5.48. The zero-order chi connectivity index (χ0) is 14.2. The van der Waals surface area contributed by atoms with Gasteiger partial charge in [0.05, 0.1) is 21.3 Å². The molecule has 5 heteroatoms. The summed E-state index contributed by atoms with van der Waals surface area (Å²) in [4.78, 5) is 11.8. The largest absolute Gasteiger partial charge is 0.481 e. The molecule has 0 radical (unpaired) electrons. The van der Waals surface area contributed by atoms with Crippen LogP contribution in [0.15, 0.2) is 4.47 Å². The van der Waals surface area contributed by atoms with E-state index in [2.05, 4.69) is 28.0 Å². The zero-order valence-corrected chi connectivity index (χ0v) is 13.3. The Bertz CT molecular complexity index is 488. The number of nitrogens with zero attached hydrogens (tertiary/aromatic N) is 2. The maximum atomic E-state index is 11.8. The van der Waals surface area contributed by atoms with Crippen molar-refractivity contribution in [3.8, 4) is 0 Å². The molecule has 106 valence electrons. The first kappa shape index (κ1) is 14.6. The Labute approximate surface area is 122 Å². The maximum Gasteiger partial charge on any atom is 0.310 e. The van der Waals surface area contributed by atoms with Gasteiger partial charge in [-0.3, -0.25) is 9.48 Å². The standard InChI is InChI=1S/C14H21BrN2O2/c1-9-4-6-14(7-5-9,13(18)19)8-11-12(15)10(2)16-17(11)3/h9H,4-8H2,1-3H3,(H,18,19). The van der Waals surface area contributed by atoms with Gasteiger partial charge in [-0.15, -0.1) is 0 Å². The molecule has 4 nitrogen and oxygen atoms in total. The minimum Gasteiger partial charge on any atom is -0.481 e. The number of aryl methyl sites for hydroxylation is 2. The van der Waals surface area contributed by atoms with Gasteiger partial charge in [0.25, 0.3) is 0 Å². The van der Waals surface area contributed by atoms with E-state index in [-0.39, 0.29) is 0 Å². The van der Waals surface area contributed by atoms with Gasteiger partial charge < -0.3 is 5.11 Å².